The molecule has 3 aromatic rings. The number of amides is 1. The zero-order chi connectivity index (χ0) is 16.8. The van der Waals surface area contributed by atoms with Crippen molar-refractivity contribution in [3.8, 4) is 0 Å². The maximum Gasteiger partial charge on any atom is 0.271 e. The minimum absolute atomic E-state index is 0.256. The number of hydrogen-bond acceptors (Lipinski definition) is 5. The second kappa shape index (κ2) is 7.32. The minimum Gasteiger partial charge on any atom is -0.347 e. The van der Waals surface area contributed by atoms with Crippen molar-refractivity contribution in [2.45, 2.75) is 6.54 Å². The highest BCUT2D eigenvalue weighted by Gasteiger charge is 2.08. The van der Waals surface area contributed by atoms with Crippen LogP contribution in [0.25, 0.3) is 0 Å². The van der Waals surface area contributed by atoms with Gasteiger partial charge in [0.2, 0.25) is 0 Å². The summed E-state index contributed by atoms with van der Waals surface area (Å²) < 4.78 is 0. The van der Waals surface area contributed by atoms with Crippen LogP contribution in [0.2, 0.25) is 0 Å². The number of carbonyl (C=O) groups excluding carboxylic acids is 1. The lowest BCUT2D eigenvalue weighted by Gasteiger charge is -2.18. The van der Waals surface area contributed by atoms with Gasteiger partial charge in [0.25, 0.3) is 5.91 Å². The molecule has 0 fully saturated rings. The van der Waals surface area contributed by atoms with Crippen molar-refractivity contribution >= 4 is 17.4 Å². The highest BCUT2D eigenvalue weighted by atomic mass is 16.1. The van der Waals surface area contributed by atoms with Gasteiger partial charge >= 0.3 is 0 Å². The Bertz CT molecular complexity index is 791. The Morgan fingerprint density at radius 3 is 2.54 bits per heavy atom. The summed E-state index contributed by atoms with van der Waals surface area (Å²) in [4.78, 5) is 26.2. The third-order valence-electron chi connectivity index (χ3n) is 3.55. The van der Waals surface area contributed by atoms with Crippen molar-refractivity contribution in [2.75, 3.05) is 11.9 Å². The predicted molar refractivity (Wildman–Crippen MR) is 91.9 cm³/mol. The fraction of sp³-hybridized carbons (Fsp3) is 0.111. The van der Waals surface area contributed by atoms with Crippen LogP contribution in [0.15, 0.2) is 67.3 Å². The molecule has 0 atom stereocenters. The molecule has 1 aromatic carbocycles. The van der Waals surface area contributed by atoms with Crippen LogP contribution in [0.4, 0.5) is 11.5 Å². The van der Waals surface area contributed by atoms with E-state index in [1.165, 1.54) is 18.6 Å². The van der Waals surface area contributed by atoms with Gasteiger partial charge in [0.05, 0.1) is 6.20 Å². The minimum atomic E-state index is -0.256. The van der Waals surface area contributed by atoms with E-state index in [0.29, 0.717) is 12.2 Å². The third kappa shape index (κ3) is 3.73. The largest absolute Gasteiger partial charge is 0.347 e. The van der Waals surface area contributed by atoms with Crippen LogP contribution in [-0.4, -0.2) is 27.9 Å². The summed E-state index contributed by atoms with van der Waals surface area (Å²) in [5, 5.41) is 2.80. The van der Waals surface area contributed by atoms with Crippen LogP contribution in [0.3, 0.4) is 0 Å². The van der Waals surface area contributed by atoms with Gasteiger partial charge in [0, 0.05) is 37.9 Å². The van der Waals surface area contributed by atoms with Crippen LogP contribution in [0, 0.1) is 0 Å². The lowest BCUT2D eigenvalue weighted by Crippen LogP contribution is -2.24. The molecule has 0 aliphatic heterocycles. The average Bonchev–Trinajstić information content (AvgIpc) is 2.67. The fourth-order valence-corrected chi connectivity index (χ4v) is 2.19. The quantitative estimate of drug-likeness (QED) is 0.782. The maximum atomic E-state index is 11.9. The maximum absolute atomic E-state index is 11.9. The van der Waals surface area contributed by atoms with Gasteiger partial charge in [0.15, 0.2) is 0 Å². The van der Waals surface area contributed by atoms with Crippen molar-refractivity contribution < 1.29 is 4.79 Å². The molecule has 0 aliphatic rings. The first-order valence-corrected chi connectivity index (χ1v) is 7.52. The second-order valence-corrected chi connectivity index (χ2v) is 5.19. The van der Waals surface area contributed by atoms with Crippen LogP contribution in [0.5, 0.6) is 0 Å². The molecule has 1 N–H and O–H groups in total. The molecule has 24 heavy (non-hydrogen) atoms. The molecule has 6 nitrogen and oxygen atoms in total. The number of carbonyl (C=O) groups is 1. The number of hydrogen-bond donors (Lipinski definition) is 1. The summed E-state index contributed by atoms with van der Waals surface area (Å²) in [5.41, 5.74) is 2.28. The highest BCUT2D eigenvalue weighted by molar-refractivity contribution is 5.91. The summed E-state index contributed by atoms with van der Waals surface area (Å²) >= 11 is 0. The van der Waals surface area contributed by atoms with E-state index in [-0.39, 0.29) is 5.91 Å². The van der Waals surface area contributed by atoms with Crippen molar-refractivity contribution in [1.29, 1.82) is 0 Å². The molecule has 0 unspecified atom stereocenters. The van der Waals surface area contributed by atoms with Gasteiger partial charge in [-0.1, -0.05) is 24.3 Å². The SMILES string of the molecule is CN(c1ccccc1)c1ccc(CNC(=O)c2cnccn2)cn1. The van der Waals surface area contributed by atoms with Gasteiger partial charge in [0.1, 0.15) is 11.5 Å². The first-order valence-electron chi connectivity index (χ1n) is 7.52. The van der Waals surface area contributed by atoms with Crippen LogP contribution < -0.4 is 10.2 Å². The zero-order valence-corrected chi connectivity index (χ0v) is 13.3. The van der Waals surface area contributed by atoms with Crippen molar-refractivity contribution in [3.63, 3.8) is 0 Å². The van der Waals surface area contributed by atoms with E-state index in [4.69, 9.17) is 0 Å². The first-order chi connectivity index (χ1) is 11.7. The van der Waals surface area contributed by atoms with Gasteiger partial charge < -0.3 is 10.2 Å². The van der Waals surface area contributed by atoms with E-state index in [0.717, 1.165) is 17.1 Å². The number of para-hydroxylation sites is 1. The third-order valence-corrected chi connectivity index (χ3v) is 3.55. The molecule has 2 aromatic heterocycles. The standard InChI is InChI=1S/C18H17N5O/c1-23(15-5-3-2-4-6-15)17-8-7-14(11-21-17)12-22-18(24)16-13-19-9-10-20-16/h2-11,13H,12H2,1H3,(H,22,24). The Labute approximate surface area is 140 Å². The molecule has 0 bridgehead atoms. The number of benzene rings is 1. The molecule has 120 valence electrons. The van der Waals surface area contributed by atoms with E-state index in [1.54, 1.807) is 6.20 Å². The Balaban J connectivity index is 1.62. The van der Waals surface area contributed by atoms with Crippen LogP contribution in [-0.2, 0) is 6.54 Å². The molecule has 1 amide bonds. The molecule has 2 heterocycles. The number of anilines is 2. The average molecular weight is 319 g/mol. The number of rotatable bonds is 5. The molecule has 0 saturated heterocycles. The van der Waals surface area contributed by atoms with Crippen molar-refractivity contribution in [3.05, 3.63) is 78.5 Å². The van der Waals surface area contributed by atoms with Gasteiger partial charge in [-0.3, -0.25) is 9.78 Å². The summed E-state index contributed by atoms with van der Waals surface area (Å²) in [6.07, 6.45) is 6.21. The Hall–Kier alpha value is -3.28. The van der Waals surface area contributed by atoms with Crippen molar-refractivity contribution in [2.24, 2.45) is 0 Å². The van der Waals surface area contributed by atoms with Crippen LogP contribution >= 0.6 is 0 Å². The van der Waals surface area contributed by atoms with E-state index < -0.39 is 0 Å². The van der Waals surface area contributed by atoms with E-state index in [1.807, 2.05) is 54.4 Å². The molecule has 0 saturated carbocycles. The summed E-state index contributed by atoms with van der Waals surface area (Å²) in [7, 11) is 1.97. The van der Waals surface area contributed by atoms with Gasteiger partial charge in [-0.25, -0.2) is 9.97 Å². The number of nitrogens with one attached hydrogen (secondary N) is 1. The van der Waals surface area contributed by atoms with Crippen molar-refractivity contribution in [1.82, 2.24) is 20.3 Å². The van der Waals surface area contributed by atoms with E-state index in [2.05, 4.69) is 20.3 Å². The van der Waals surface area contributed by atoms with Crippen LogP contribution in [0.1, 0.15) is 16.1 Å². The molecule has 0 aliphatic carbocycles. The lowest BCUT2D eigenvalue weighted by atomic mass is 10.2. The fourth-order valence-electron chi connectivity index (χ4n) is 2.19. The van der Waals surface area contributed by atoms with Gasteiger partial charge in [-0.05, 0) is 23.8 Å². The van der Waals surface area contributed by atoms with Gasteiger partial charge in [-0.2, -0.15) is 0 Å². The molecular weight excluding hydrogens is 302 g/mol. The molecule has 3 rings (SSSR count). The Kier molecular flexibility index (Phi) is 4.76. The Morgan fingerprint density at radius 2 is 1.88 bits per heavy atom. The molecule has 0 radical (unpaired) electrons. The predicted octanol–water partition coefficient (Wildman–Crippen LogP) is 2.57. The van der Waals surface area contributed by atoms with E-state index in [9.17, 15) is 4.79 Å². The Morgan fingerprint density at radius 1 is 1.04 bits per heavy atom. The first kappa shape index (κ1) is 15.6. The zero-order valence-electron chi connectivity index (χ0n) is 13.3. The van der Waals surface area contributed by atoms with Gasteiger partial charge in [-0.15, -0.1) is 0 Å². The second-order valence-electron chi connectivity index (χ2n) is 5.19. The number of nitrogens with zero attached hydrogens (tertiary/aromatic N) is 4. The lowest BCUT2D eigenvalue weighted by molar-refractivity contribution is 0.0945. The summed E-state index contributed by atoms with van der Waals surface area (Å²) in [6, 6.07) is 13.9. The summed E-state index contributed by atoms with van der Waals surface area (Å²) in [6.45, 7) is 0.387. The smallest absolute Gasteiger partial charge is 0.271 e. The van der Waals surface area contributed by atoms with E-state index >= 15 is 0 Å². The molecule has 6 heteroatoms. The number of pyridine rings is 1. The molecule has 0 spiro atoms. The highest BCUT2D eigenvalue weighted by Crippen LogP contribution is 2.20. The summed E-state index contributed by atoms with van der Waals surface area (Å²) in [5.74, 6) is 0.582. The normalized spacial score (nSPS) is 10.2. The molecular formula is C18H17N5O. The topological polar surface area (TPSA) is 71.0 Å². The monoisotopic (exact) mass is 319 g/mol. The number of aromatic nitrogens is 3.